The molecule has 1 fully saturated rings. The van der Waals surface area contributed by atoms with Gasteiger partial charge >= 0.3 is 0 Å². The standard InChI is InChI=1S/C12H15BrO4/c1-15-10-3-2-8(6-9(10)13)12(14)11-7-16-4-5-17-11/h2-3,6,11-12,14H,4-5,7H2,1H3. The molecule has 1 N–H and O–H groups in total. The fourth-order valence-corrected chi connectivity index (χ4v) is 2.33. The van der Waals surface area contributed by atoms with Crippen molar-refractivity contribution in [2.24, 2.45) is 0 Å². The van der Waals surface area contributed by atoms with Gasteiger partial charge in [-0.3, -0.25) is 0 Å². The van der Waals surface area contributed by atoms with E-state index in [-0.39, 0.29) is 6.10 Å². The predicted molar refractivity (Wildman–Crippen MR) is 66.2 cm³/mol. The number of benzene rings is 1. The zero-order valence-corrected chi connectivity index (χ0v) is 11.1. The van der Waals surface area contributed by atoms with Gasteiger partial charge in [-0.25, -0.2) is 0 Å². The van der Waals surface area contributed by atoms with Gasteiger partial charge in [0.1, 0.15) is 18.0 Å². The number of halogens is 1. The third-order valence-electron chi connectivity index (χ3n) is 2.71. The number of methoxy groups -OCH3 is 1. The summed E-state index contributed by atoms with van der Waals surface area (Å²) in [6.07, 6.45) is -0.985. The Morgan fingerprint density at radius 3 is 2.88 bits per heavy atom. The highest BCUT2D eigenvalue weighted by molar-refractivity contribution is 9.10. The highest BCUT2D eigenvalue weighted by atomic mass is 79.9. The number of ether oxygens (including phenoxy) is 3. The molecule has 1 aliphatic rings. The van der Waals surface area contributed by atoms with Gasteiger partial charge in [0, 0.05) is 0 Å². The maximum atomic E-state index is 10.2. The van der Waals surface area contributed by atoms with E-state index in [1.165, 1.54) is 0 Å². The lowest BCUT2D eigenvalue weighted by Crippen LogP contribution is -2.33. The van der Waals surface area contributed by atoms with Crippen LogP contribution in [0.1, 0.15) is 11.7 Å². The van der Waals surface area contributed by atoms with Crippen molar-refractivity contribution in [1.82, 2.24) is 0 Å². The minimum atomic E-state index is -0.683. The lowest BCUT2D eigenvalue weighted by atomic mass is 10.0. The highest BCUT2D eigenvalue weighted by Gasteiger charge is 2.25. The van der Waals surface area contributed by atoms with Gasteiger partial charge < -0.3 is 19.3 Å². The van der Waals surface area contributed by atoms with Crippen molar-refractivity contribution in [3.8, 4) is 5.75 Å². The summed E-state index contributed by atoms with van der Waals surface area (Å²) in [5.74, 6) is 0.738. The molecule has 2 unspecified atom stereocenters. The predicted octanol–water partition coefficient (Wildman–Crippen LogP) is 1.91. The van der Waals surface area contributed by atoms with Crippen LogP contribution in [0.3, 0.4) is 0 Å². The summed E-state index contributed by atoms with van der Waals surface area (Å²) in [5, 5.41) is 10.2. The van der Waals surface area contributed by atoms with Crippen molar-refractivity contribution in [2.75, 3.05) is 26.9 Å². The van der Waals surface area contributed by atoms with E-state index in [9.17, 15) is 5.11 Å². The van der Waals surface area contributed by atoms with Gasteiger partial charge in [0.15, 0.2) is 0 Å². The fourth-order valence-electron chi connectivity index (χ4n) is 1.77. The Kier molecular flexibility index (Phi) is 4.39. The minimum absolute atomic E-state index is 0.302. The summed E-state index contributed by atoms with van der Waals surface area (Å²) >= 11 is 3.39. The molecule has 0 bridgehead atoms. The van der Waals surface area contributed by atoms with Crippen LogP contribution in [0.5, 0.6) is 5.75 Å². The number of hydrogen-bond acceptors (Lipinski definition) is 4. The number of hydrogen-bond donors (Lipinski definition) is 1. The molecule has 0 saturated carbocycles. The van der Waals surface area contributed by atoms with Crippen molar-refractivity contribution in [2.45, 2.75) is 12.2 Å². The Balaban J connectivity index is 2.12. The maximum Gasteiger partial charge on any atom is 0.133 e. The summed E-state index contributed by atoms with van der Waals surface area (Å²) in [4.78, 5) is 0. The van der Waals surface area contributed by atoms with Gasteiger partial charge in [0.25, 0.3) is 0 Å². The molecule has 0 aromatic heterocycles. The molecule has 0 aliphatic carbocycles. The average Bonchev–Trinajstić information content (AvgIpc) is 2.39. The second-order valence-electron chi connectivity index (χ2n) is 3.82. The molecule has 1 aliphatic heterocycles. The van der Waals surface area contributed by atoms with Crippen LogP contribution >= 0.6 is 15.9 Å². The lowest BCUT2D eigenvalue weighted by molar-refractivity contribution is -0.133. The van der Waals surface area contributed by atoms with Gasteiger partial charge in [0.2, 0.25) is 0 Å². The molecule has 1 aromatic rings. The molecule has 1 saturated heterocycles. The first-order valence-electron chi connectivity index (χ1n) is 5.43. The Bertz CT molecular complexity index is 377. The molecule has 5 heteroatoms. The smallest absolute Gasteiger partial charge is 0.133 e. The molecule has 1 aromatic carbocycles. The molecule has 0 radical (unpaired) electrons. The first-order valence-corrected chi connectivity index (χ1v) is 6.22. The van der Waals surface area contributed by atoms with E-state index in [1.54, 1.807) is 7.11 Å². The van der Waals surface area contributed by atoms with Crippen molar-refractivity contribution < 1.29 is 19.3 Å². The van der Waals surface area contributed by atoms with Crippen molar-refractivity contribution in [3.63, 3.8) is 0 Å². The summed E-state index contributed by atoms with van der Waals surface area (Å²) in [7, 11) is 1.61. The Hall–Kier alpha value is -0.620. The Morgan fingerprint density at radius 2 is 2.29 bits per heavy atom. The van der Waals surface area contributed by atoms with E-state index in [1.807, 2.05) is 18.2 Å². The van der Waals surface area contributed by atoms with Gasteiger partial charge in [0.05, 0.1) is 31.4 Å². The van der Waals surface area contributed by atoms with Gasteiger partial charge in [-0.05, 0) is 33.6 Å². The molecular weight excluding hydrogens is 288 g/mol. The van der Waals surface area contributed by atoms with Gasteiger partial charge in [-0.1, -0.05) is 6.07 Å². The van der Waals surface area contributed by atoms with E-state index >= 15 is 0 Å². The SMILES string of the molecule is COc1ccc(C(O)C2COCCO2)cc1Br. The Morgan fingerprint density at radius 1 is 1.47 bits per heavy atom. The first-order chi connectivity index (χ1) is 8.22. The monoisotopic (exact) mass is 302 g/mol. The van der Waals surface area contributed by atoms with Crippen molar-refractivity contribution >= 4 is 15.9 Å². The average molecular weight is 303 g/mol. The maximum absolute atomic E-state index is 10.2. The topological polar surface area (TPSA) is 47.9 Å². The van der Waals surface area contributed by atoms with Crippen LogP contribution in [0.15, 0.2) is 22.7 Å². The summed E-state index contributed by atoms with van der Waals surface area (Å²) in [5.41, 5.74) is 0.785. The minimum Gasteiger partial charge on any atom is -0.496 e. The van der Waals surface area contributed by atoms with Crippen LogP contribution in [-0.4, -0.2) is 38.1 Å². The van der Waals surface area contributed by atoms with Crippen molar-refractivity contribution in [3.05, 3.63) is 28.2 Å². The zero-order valence-electron chi connectivity index (χ0n) is 9.56. The quantitative estimate of drug-likeness (QED) is 0.926. The normalized spacial score (nSPS) is 22.2. The molecule has 0 amide bonds. The second kappa shape index (κ2) is 5.82. The fraction of sp³-hybridized carbons (Fsp3) is 0.500. The largest absolute Gasteiger partial charge is 0.496 e. The number of aliphatic hydroxyl groups excluding tert-OH is 1. The van der Waals surface area contributed by atoms with Crippen LogP contribution < -0.4 is 4.74 Å². The highest BCUT2D eigenvalue weighted by Crippen LogP contribution is 2.30. The second-order valence-corrected chi connectivity index (χ2v) is 4.68. The van der Waals surface area contributed by atoms with Crippen LogP contribution in [-0.2, 0) is 9.47 Å². The number of aliphatic hydroxyl groups is 1. The van der Waals surface area contributed by atoms with Gasteiger partial charge in [-0.15, -0.1) is 0 Å². The molecule has 94 valence electrons. The van der Waals surface area contributed by atoms with E-state index in [0.717, 1.165) is 15.8 Å². The third-order valence-corrected chi connectivity index (χ3v) is 3.33. The van der Waals surface area contributed by atoms with E-state index in [4.69, 9.17) is 14.2 Å². The first kappa shape index (κ1) is 12.8. The van der Waals surface area contributed by atoms with Gasteiger partial charge in [-0.2, -0.15) is 0 Å². The van der Waals surface area contributed by atoms with E-state index in [0.29, 0.717) is 19.8 Å². The molecular formula is C12H15BrO4. The van der Waals surface area contributed by atoms with E-state index < -0.39 is 6.10 Å². The van der Waals surface area contributed by atoms with Crippen LogP contribution in [0.4, 0.5) is 0 Å². The summed E-state index contributed by atoms with van der Waals surface area (Å²) in [6.45, 7) is 1.54. The molecule has 17 heavy (non-hydrogen) atoms. The summed E-state index contributed by atoms with van der Waals surface area (Å²) < 4.78 is 16.7. The van der Waals surface area contributed by atoms with Crippen LogP contribution in [0.25, 0.3) is 0 Å². The zero-order chi connectivity index (χ0) is 12.3. The van der Waals surface area contributed by atoms with Crippen LogP contribution in [0, 0.1) is 0 Å². The molecule has 2 atom stereocenters. The van der Waals surface area contributed by atoms with Crippen LogP contribution in [0.2, 0.25) is 0 Å². The Labute approximate surface area is 109 Å². The summed E-state index contributed by atoms with van der Waals surface area (Å²) in [6, 6.07) is 5.47. The molecule has 2 rings (SSSR count). The molecule has 1 heterocycles. The lowest BCUT2D eigenvalue weighted by Gasteiger charge is -2.27. The molecule has 4 nitrogen and oxygen atoms in total. The number of rotatable bonds is 3. The third kappa shape index (κ3) is 2.98. The van der Waals surface area contributed by atoms with E-state index in [2.05, 4.69) is 15.9 Å². The molecule has 0 spiro atoms. The van der Waals surface area contributed by atoms with Crippen molar-refractivity contribution in [1.29, 1.82) is 0 Å².